The number of anilines is 2. The third-order valence-electron chi connectivity index (χ3n) is 5.19. The zero-order valence-corrected chi connectivity index (χ0v) is 16.3. The fraction of sp³-hybridized carbons (Fsp3) is 0.333. The number of nitrogens with zero attached hydrogens (tertiary/aromatic N) is 6. The second-order valence-corrected chi connectivity index (χ2v) is 6.93. The maximum atomic E-state index is 12.6. The van der Waals surface area contributed by atoms with Crippen LogP contribution < -0.4 is 15.4 Å². The molecule has 8 nitrogen and oxygen atoms in total. The summed E-state index contributed by atoms with van der Waals surface area (Å²) in [6.45, 7) is 4.33. The summed E-state index contributed by atoms with van der Waals surface area (Å²) in [7, 11) is 1.61. The lowest BCUT2D eigenvalue weighted by Gasteiger charge is -2.36. The molecule has 2 aromatic heterocycles. The molecular formula is C21H22N6O2. The first kappa shape index (κ1) is 18.9. The monoisotopic (exact) mass is 390 g/mol. The number of methoxy groups -OCH3 is 1. The molecular weight excluding hydrogens is 368 g/mol. The number of fused-ring (bicyclic) bond motifs is 1. The van der Waals surface area contributed by atoms with Crippen LogP contribution in [0.4, 0.5) is 11.5 Å². The van der Waals surface area contributed by atoms with Crippen LogP contribution in [0.2, 0.25) is 0 Å². The molecule has 0 spiro atoms. The van der Waals surface area contributed by atoms with E-state index in [0.717, 1.165) is 37.7 Å². The zero-order valence-electron chi connectivity index (χ0n) is 16.3. The normalized spacial score (nSPS) is 14.2. The lowest BCUT2D eigenvalue weighted by atomic mass is 10.2. The molecule has 4 rings (SSSR count). The van der Waals surface area contributed by atoms with E-state index in [2.05, 4.69) is 25.8 Å². The van der Waals surface area contributed by atoms with Crippen molar-refractivity contribution in [2.24, 2.45) is 0 Å². The molecule has 0 bridgehead atoms. The highest BCUT2D eigenvalue weighted by Gasteiger charge is 2.19. The highest BCUT2D eigenvalue weighted by atomic mass is 16.5. The third-order valence-corrected chi connectivity index (χ3v) is 5.19. The van der Waals surface area contributed by atoms with Gasteiger partial charge in [0.25, 0.3) is 5.56 Å². The maximum absolute atomic E-state index is 12.6. The minimum atomic E-state index is -0.0460. The SMILES string of the molecule is COCCn1cnc2cc(N3CCN(c4ccc(C#N)cn4)CC3)ccc2c1=O. The predicted octanol–water partition coefficient (Wildman–Crippen LogP) is 1.64. The van der Waals surface area contributed by atoms with Gasteiger partial charge in [-0.25, -0.2) is 9.97 Å². The molecule has 0 N–H and O–H groups in total. The van der Waals surface area contributed by atoms with Gasteiger partial charge in [0.2, 0.25) is 0 Å². The van der Waals surface area contributed by atoms with Gasteiger partial charge in [0.15, 0.2) is 0 Å². The minimum Gasteiger partial charge on any atom is -0.383 e. The third kappa shape index (κ3) is 3.91. The summed E-state index contributed by atoms with van der Waals surface area (Å²) in [6.07, 6.45) is 3.19. The van der Waals surface area contributed by atoms with Crippen molar-refractivity contribution in [2.45, 2.75) is 6.54 Å². The minimum absolute atomic E-state index is 0.0460. The molecule has 1 aliphatic rings. The van der Waals surface area contributed by atoms with Gasteiger partial charge in [0.1, 0.15) is 11.9 Å². The van der Waals surface area contributed by atoms with E-state index in [1.807, 2.05) is 24.3 Å². The van der Waals surface area contributed by atoms with E-state index >= 15 is 0 Å². The van der Waals surface area contributed by atoms with Crippen molar-refractivity contribution in [3.05, 3.63) is 58.8 Å². The topological polar surface area (TPSA) is 87.3 Å². The van der Waals surface area contributed by atoms with Crippen molar-refractivity contribution in [1.82, 2.24) is 14.5 Å². The molecule has 29 heavy (non-hydrogen) atoms. The number of pyridine rings is 1. The number of hydrogen-bond acceptors (Lipinski definition) is 7. The Morgan fingerprint density at radius 2 is 1.90 bits per heavy atom. The summed E-state index contributed by atoms with van der Waals surface area (Å²) < 4.78 is 6.62. The van der Waals surface area contributed by atoms with Crippen LogP contribution in [-0.2, 0) is 11.3 Å². The fourth-order valence-electron chi connectivity index (χ4n) is 3.53. The number of piperazine rings is 1. The lowest BCUT2D eigenvalue weighted by molar-refractivity contribution is 0.186. The maximum Gasteiger partial charge on any atom is 0.261 e. The van der Waals surface area contributed by atoms with Crippen molar-refractivity contribution in [3.63, 3.8) is 0 Å². The molecule has 3 aromatic rings. The van der Waals surface area contributed by atoms with Crippen molar-refractivity contribution in [2.75, 3.05) is 49.7 Å². The Morgan fingerprint density at radius 3 is 2.59 bits per heavy atom. The summed E-state index contributed by atoms with van der Waals surface area (Å²) in [5, 5.41) is 9.52. The second-order valence-electron chi connectivity index (χ2n) is 6.93. The van der Waals surface area contributed by atoms with Crippen LogP contribution in [0.3, 0.4) is 0 Å². The summed E-state index contributed by atoms with van der Waals surface area (Å²) in [5.41, 5.74) is 2.29. The Hall–Kier alpha value is -3.44. The number of aromatic nitrogens is 3. The molecule has 0 amide bonds. The smallest absolute Gasteiger partial charge is 0.261 e. The second kappa shape index (κ2) is 8.29. The summed E-state index contributed by atoms with van der Waals surface area (Å²) in [6, 6.07) is 11.6. The Kier molecular flexibility index (Phi) is 5.40. The summed E-state index contributed by atoms with van der Waals surface area (Å²) >= 11 is 0. The van der Waals surface area contributed by atoms with Crippen molar-refractivity contribution < 1.29 is 4.74 Å². The van der Waals surface area contributed by atoms with E-state index < -0.39 is 0 Å². The van der Waals surface area contributed by atoms with Gasteiger partial charge in [-0.1, -0.05) is 0 Å². The molecule has 0 saturated carbocycles. The van der Waals surface area contributed by atoms with Gasteiger partial charge in [0.05, 0.1) is 35.9 Å². The summed E-state index contributed by atoms with van der Waals surface area (Å²) in [4.78, 5) is 25.9. The molecule has 1 saturated heterocycles. The van der Waals surface area contributed by atoms with Crippen LogP contribution in [-0.4, -0.2) is 54.4 Å². The molecule has 1 fully saturated rings. The van der Waals surface area contributed by atoms with Crippen molar-refractivity contribution in [1.29, 1.82) is 5.26 Å². The van der Waals surface area contributed by atoms with Crippen LogP contribution in [0.25, 0.3) is 10.9 Å². The zero-order chi connectivity index (χ0) is 20.2. The van der Waals surface area contributed by atoms with Crippen LogP contribution in [0, 0.1) is 11.3 Å². The Labute approximate surface area is 168 Å². The highest BCUT2D eigenvalue weighted by Crippen LogP contribution is 2.22. The number of ether oxygens (including phenoxy) is 1. The predicted molar refractivity (Wildman–Crippen MR) is 111 cm³/mol. The number of rotatable bonds is 5. The Balaban J connectivity index is 1.48. The first-order valence-corrected chi connectivity index (χ1v) is 9.54. The van der Waals surface area contributed by atoms with Crippen LogP contribution >= 0.6 is 0 Å². The standard InChI is InChI=1S/C21H22N6O2/c1-29-11-10-27-15-24-19-12-17(3-4-18(19)21(27)28)25-6-8-26(9-7-25)20-5-2-16(13-22)14-23-20/h2-5,12,14-15H,6-11H2,1H3. The van der Waals surface area contributed by atoms with Crippen LogP contribution in [0.15, 0.2) is 47.7 Å². The van der Waals surface area contributed by atoms with E-state index in [1.54, 1.807) is 30.3 Å². The first-order valence-electron chi connectivity index (χ1n) is 9.54. The Morgan fingerprint density at radius 1 is 1.10 bits per heavy atom. The molecule has 0 unspecified atom stereocenters. The van der Waals surface area contributed by atoms with Gasteiger partial charge in [0, 0.05) is 45.2 Å². The summed E-state index contributed by atoms with van der Waals surface area (Å²) in [5.74, 6) is 0.889. The van der Waals surface area contributed by atoms with Gasteiger partial charge in [-0.15, -0.1) is 0 Å². The van der Waals surface area contributed by atoms with Crippen molar-refractivity contribution >= 4 is 22.4 Å². The number of hydrogen-bond donors (Lipinski definition) is 0. The molecule has 148 valence electrons. The van der Waals surface area contributed by atoms with Crippen LogP contribution in [0.1, 0.15) is 5.56 Å². The van der Waals surface area contributed by atoms with Crippen molar-refractivity contribution in [3.8, 4) is 6.07 Å². The molecule has 1 aromatic carbocycles. The van der Waals surface area contributed by atoms with E-state index in [1.165, 1.54) is 0 Å². The molecule has 0 radical (unpaired) electrons. The van der Waals surface area contributed by atoms with Gasteiger partial charge >= 0.3 is 0 Å². The average Bonchev–Trinajstić information content (AvgIpc) is 2.78. The van der Waals surface area contributed by atoms with Gasteiger partial charge in [-0.3, -0.25) is 9.36 Å². The van der Waals surface area contributed by atoms with E-state index in [9.17, 15) is 4.79 Å². The molecule has 8 heteroatoms. The van der Waals surface area contributed by atoms with Crippen LogP contribution in [0.5, 0.6) is 0 Å². The van der Waals surface area contributed by atoms with E-state index in [0.29, 0.717) is 29.6 Å². The average molecular weight is 390 g/mol. The van der Waals surface area contributed by atoms with E-state index in [-0.39, 0.29) is 5.56 Å². The molecule has 0 aliphatic carbocycles. The quantitative estimate of drug-likeness (QED) is 0.654. The van der Waals surface area contributed by atoms with Gasteiger partial charge < -0.3 is 14.5 Å². The van der Waals surface area contributed by atoms with E-state index in [4.69, 9.17) is 10.00 Å². The number of benzene rings is 1. The lowest BCUT2D eigenvalue weighted by Crippen LogP contribution is -2.46. The Bertz CT molecular complexity index is 1090. The highest BCUT2D eigenvalue weighted by molar-refractivity contribution is 5.81. The molecule has 0 atom stereocenters. The molecule has 1 aliphatic heterocycles. The molecule has 3 heterocycles. The van der Waals surface area contributed by atoms with Gasteiger partial charge in [-0.05, 0) is 30.3 Å². The first-order chi connectivity index (χ1) is 14.2. The van der Waals surface area contributed by atoms with Gasteiger partial charge in [-0.2, -0.15) is 5.26 Å². The number of nitriles is 1. The fourth-order valence-corrected chi connectivity index (χ4v) is 3.53. The largest absolute Gasteiger partial charge is 0.383 e.